The first-order chi connectivity index (χ1) is 9.40. The van der Waals surface area contributed by atoms with Crippen molar-refractivity contribution >= 4 is 11.4 Å². The van der Waals surface area contributed by atoms with Crippen LogP contribution < -0.4 is 14.2 Å². The molecule has 1 heterocycles. The maximum absolute atomic E-state index is 12.2. The van der Waals surface area contributed by atoms with Crippen LogP contribution in [0.2, 0.25) is 0 Å². The third-order valence-corrected chi connectivity index (χ3v) is 4.90. The molecule has 0 aliphatic carbocycles. The van der Waals surface area contributed by atoms with Gasteiger partial charge in [-0.3, -0.25) is 0 Å². The third-order valence-electron chi connectivity index (χ3n) is 3.24. The van der Waals surface area contributed by atoms with Gasteiger partial charge in [0.15, 0.2) is 11.5 Å². The summed E-state index contributed by atoms with van der Waals surface area (Å²) in [4.78, 5) is 0. The molecule has 0 saturated carbocycles. The Balaban J connectivity index is 1.99. The normalized spacial score (nSPS) is 17.1. The van der Waals surface area contributed by atoms with E-state index in [0.717, 1.165) is 24.3 Å². The highest BCUT2D eigenvalue weighted by molar-refractivity contribution is 7.90. The lowest BCUT2D eigenvalue weighted by Gasteiger charge is -2.27. The number of hydrogen-bond acceptors (Lipinski definition) is 4. The molecule has 1 aromatic carbocycles. The zero-order valence-corrected chi connectivity index (χ0v) is 13.4. The fourth-order valence-corrected chi connectivity index (χ4v) is 2.86. The SMILES string of the molecule is CC[C@H](Cc1ccc2c(c1)OCO2)N[S@@+]([O-])C(C)(C)C. The van der Waals surface area contributed by atoms with Gasteiger partial charge in [-0.15, -0.1) is 4.72 Å². The van der Waals surface area contributed by atoms with Gasteiger partial charge < -0.3 is 14.0 Å². The molecule has 5 heteroatoms. The predicted octanol–water partition coefficient (Wildman–Crippen LogP) is 2.79. The van der Waals surface area contributed by atoms with Crippen LogP contribution in [0.4, 0.5) is 0 Å². The molecule has 2 rings (SSSR count). The molecule has 2 atom stereocenters. The summed E-state index contributed by atoms with van der Waals surface area (Å²) in [5, 5.41) is 0. The fraction of sp³-hybridized carbons (Fsp3) is 0.600. The molecule has 1 aliphatic heterocycles. The molecule has 112 valence electrons. The molecule has 0 bridgehead atoms. The van der Waals surface area contributed by atoms with Crippen LogP contribution in [0.1, 0.15) is 39.7 Å². The van der Waals surface area contributed by atoms with E-state index in [1.807, 2.05) is 39.0 Å². The molecule has 0 saturated heterocycles. The summed E-state index contributed by atoms with van der Waals surface area (Å²) in [6.45, 7) is 8.32. The topological polar surface area (TPSA) is 53.5 Å². The smallest absolute Gasteiger partial charge is 0.231 e. The van der Waals surface area contributed by atoms with Crippen molar-refractivity contribution in [1.29, 1.82) is 0 Å². The highest BCUT2D eigenvalue weighted by atomic mass is 32.2. The Labute approximate surface area is 124 Å². The van der Waals surface area contributed by atoms with Crippen LogP contribution in [-0.4, -0.2) is 22.1 Å². The first-order valence-electron chi connectivity index (χ1n) is 6.96. The number of fused-ring (bicyclic) bond motifs is 1. The van der Waals surface area contributed by atoms with Gasteiger partial charge in [0, 0.05) is 11.4 Å². The maximum atomic E-state index is 12.2. The minimum absolute atomic E-state index is 0.190. The van der Waals surface area contributed by atoms with E-state index in [-0.39, 0.29) is 10.8 Å². The fourth-order valence-electron chi connectivity index (χ4n) is 1.95. The minimum atomic E-state index is -1.05. The van der Waals surface area contributed by atoms with E-state index in [9.17, 15) is 4.55 Å². The van der Waals surface area contributed by atoms with Crippen LogP contribution in [0, 0.1) is 0 Å². The molecular formula is C15H23NO3S. The quantitative estimate of drug-likeness (QED) is 0.849. The third kappa shape index (κ3) is 3.81. The van der Waals surface area contributed by atoms with Gasteiger partial charge in [0.25, 0.3) is 0 Å². The summed E-state index contributed by atoms with van der Waals surface area (Å²) in [5.41, 5.74) is 1.17. The number of rotatable bonds is 5. The van der Waals surface area contributed by atoms with E-state index < -0.39 is 11.4 Å². The standard InChI is InChI=1S/C15H23NO3S/c1-5-12(16-20(17)15(2,3)4)8-11-6-7-13-14(9-11)19-10-18-13/h6-7,9,12,16H,5,8,10H2,1-4H3/t12-,20+/m1/s1. The van der Waals surface area contributed by atoms with Crippen LogP contribution in [-0.2, 0) is 17.8 Å². The number of ether oxygens (including phenoxy) is 2. The molecule has 4 nitrogen and oxygen atoms in total. The van der Waals surface area contributed by atoms with E-state index >= 15 is 0 Å². The van der Waals surface area contributed by atoms with E-state index in [1.165, 1.54) is 5.56 Å². The Morgan fingerprint density at radius 2 is 2.00 bits per heavy atom. The average Bonchev–Trinajstić information content (AvgIpc) is 2.84. The highest BCUT2D eigenvalue weighted by Crippen LogP contribution is 2.33. The van der Waals surface area contributed by atoms with E-state index in [0.29, 0.717) is 6.79 Å². The van der Waals surface area contributed by atoms with Gasteiger partial charge in [-0.05, 0) is 51.3 Å². The number of nitrogens with one attached hydrogen (secondary N) is 1. The zero-order chi connectivity index (χ0) is 14.8. The number of hydrogen-bond donors (Lipinski definition) is 1. The van der Waals surface area contributed by atoms with Crippen molar-refractivity contribution in [2.45, 2.75) is 51.3 Å². The molecule has 0 spiro atoms. The molecule has 1 aromatic rings. The van der Waals surface area contributed by atoms with Gasteiger partial charge in [0.1, 0.15) is 4.75 Å². The summed E-state index contributed by atoms with van der Waals surface area (Å²) in [6, 6.07) is 6.17. The maximum Gasteiger partial charge on any atom is 0.231 e. The molecule has 0 fully saturated rings. The zero-order valence-electron chi connectivity index (χ0n) is 12.6. The second kappa shape index (κ2) is 6.24. The van der Waals surface area contributed by atoms with Crippen molar-refractivity contribution in [3.05, 3.63) is 23.8 Å². The van der Waals surface area contributed by atoms with Crippen LogP contribution in [0.5, 0.6) is 11.5 Å². The summed E-state index contributed by atoms with van der Waals surface area (Å²) in [6.07, 6.45) is 1.76. The minimum Gasteiger partial charge on any atom is -0.598 e. The Morgan fingerprint density at radius 1 is 1.30 bits per heavy atom. The van der Waals surface area contributed by atoms with Gasteiger partial charge in [0.05, 0.1) is 6.04 Å². The van der Waals surface area contributed by atoms with Crippen molar-refractivity contribution < 1.29 is 14.0 Å². The lowest BCUT2D eigenvalue weighted by Crippen LogP contribution is -2.45. The molecule has 1 N–H and O–H groups in total. The number of benzene rings is 1. The second-order valence-electron chi connectivity index (χ2n) is 6.00. The van der Waals surface area contributed by atoms with E-state index in [2.05, 4.69) is 11.6 Å². The van der Waals surface area contributed by atoms with Gasteiger partial charge >= 0.3 is 0 Å². The van der Waals surface area contributed by atoms with Crippen molar-refractivity contribution in [1.82, 2.24) is 4.72 Å². The highest BCUT2D eigenvalue weighted by Gasteiger charge is 2.28. The molecular weight excluding hydrogens is 274 g/mol. The van der Waals surface area contributed by atoms with Crippen molar-refractivity contribution in [3.8, 4) is 11.5 Å². The monoisotopic (exact) mass is 297 g/mol. The molecule has 20 heavy (non-hydrogen) atoms. The lowest BCUT2D eigenvalue weighted by atomic mass is 10.0. The lowest BCUT2D eigenvalue weighted by molar-refractivity contribution is 0.174. The Morgan fingerprint density at radius 3 is 2.65 bits per heavy atom. The largest absolute Gasteiger partial charge is 0.598 e. The average molecular weight is 297 g/mol. The van der Waals surface area contributed by atoms with E-state index in [1.54, 1.807) is 0 Å². The van der Waals surface area contributed by atoms with Gasteiger partial charge in [0.2, 0.25) is 6.79 Å². The van der Waals surface area contributed by atoms with Gasteiger partial charge in [-0.25, -0.2) is 0 Å². The molecule has 0 amide bonds. The van der Waals surface area contributed by atoms with Crippen molar-refractivity contribution in [2.24, 2.45) is 0 Å². The first-order valence-corrected chi connectivity index (χ1v) is 8.11. The predicted molar refractivity (Wildman–Crippen MR) is 81.4 cm³/mol. The van der Waals surface area contributed by atoms with Crippen LogP contribution in [0.25, 0.3) is 0 Å². The molecule has 0 aromatic heterocycles. The molecule has 1 aliphatic rings. The van der Waals surface area contributed by atoms with Crippen LogP contribution in [0.15, 0.2) is 18.2 Å². The van der Waals surface area contributed by atoms with Crippen LogP contribution in [0.3, 0.4) is 0 Å². The summed E-state index contributed by atoms with van der Waals surface area (Å²) >= 11 is -1.05. The Hall–Kier alpha value is -0.910. The summed E-state index contributed by atoms with van der Waals surface area (Å²) in [5.74, 6) is 1.60. The summed E-state index contributed by atoms with van der Waals surface area (Å²) in [7, 11) is 0. The second-order valence-corrected chi connectivity index (χ2v) is 7.99. The Kier molecular flexibility index (Phi) is 4.83. The Bertz CT molecular complexity index is 459. The van der Waals surface area contributed by atoms with Crippen LogP contribution >= 0.6 is 0 Å². The van der Waals surface area contributed by atoms with Crippen molar-refractivity contribution in [2.75, 3.05) is 6.79 Å². The van der Waals surface area contributed by atoms with Crippen molar-refractivity contribution in [3.63, 3.8) is 0 Å². The molecule has 0 radical (unpaired) electrons. The van der Waals surface area contributed by atoms with E-state index in [4.69, 9.17) is 9.47 Å². The van der Waals surface area contributed by atoms with Gasteiger partial charge in [-0.2, -0.15) is 0 Å². The van der Waals surface area contributed by atoms with Gasteiger partial charge in [-0.1, -0.05) is 13.0 Å². The molecule has 0 unspecified atom stereocenters. The summed E-state index contributed by atoms with van der Waals surface area (Å²) < 4.78 is 25.8. The first kappa shape index (κ1) is 15.5.